The summed E-state index contributed by atoms with van der Waals surface area (Å²) >= 11 is 0. The lowest BCUT2D eigenvalue weighted by atomic mass is 10.0. The van der Waals surface area contributed by atoms with E-state index < -0.39 is 29.0 Å². The summed E-state index contributed by atoms with van der Waals surface area (Å²) in [7, 11) is 0. The van der Waals surface area contributed by atoms with Gasteiger partial charge in [0.25, 0.3) is 0 Å². The lowest BCUT2D eigenvalue weighted by Crippen LogP contribution is -2.11. The van der Waals surface area contributed by atoms with Crippen LogP contribution in [0.15, 0.2) is 66.7 Å². The molecular weight excluding hydrogens is 428 g/mol. The summed E-state index contributed by atoms with van der Waals surface area (Å²) < 4.78 is 79.6. The lowest BCUT2D eigenvalue weighted by molar-refractivity contribution is -0.143. The maximum atomic E-state index is 12.9. The predicted molar refractivity (Wildman–Crippen MR) is 111 cm³/mol. The summed E-state index contributed by atoms with van der Waals surface area (Å²) in [5.41, 5.74) is -1.30. The largest absolute Gasteiger partial charge is 0.416 e. The third kappa shape index (κ3) is 4.29. The minimum Gasteiger partial charge on any atom is -0.329 e. The molecule has 1 nitrogen and oxygen atoms in total. The number of benzene rings is 3. The van der Waals surface area contributed by atoms with Crippen molar-refractivity contribution in [2.45, 2.75) is 18.9 Å². The van der Waals surface area contributed by atoms with Crippen LogP contribution in [0.2, 0.25) is 0 Å². The number of hydrogen-bond donors (Lipinski definition) is 0. The van der Waals surface area contributed by atoms with E-state index >= 15 is 0 Å². The summed E-state index contributed by atoms with van der Waals surface area (Å²) in [5, 5.41) is 2.11. The minimum atomic E-state index is -4.92. The van der Waals surface area contributed by atoms with Crippen LogP contribution in [0.4, 0.5) is 26.3 Å². The maximum Gasteiger partial charge on any atom is 0.416 e. The summed E-state index contributed by atoms with van der Waals surface area (Å²) in [5.74, 6) is 10.0. The molecule has 0 unspecified atom stereocenters. The van der Waals surface area contributed by atoms with Gasteiger partial charge in [0.15, 0.2) is 0 Å². The fraction of sp³-hybridized carbons (Fsp3) is 0.120. The molecule has 1 aromatic heterocycles. The first kappa shape index (κ1) is 21.4. The SMILES string of the molecule is FC(F)(F)c1cc(C#CC#CCn2c3ccccc3c3ccccc32)cc(C(F)(F)F)c1. The van der Waals surface area contributed by atoms with Gasteiger partial charge in [-0.15, -0.1) is 0 Å². The summed E-state index contributed by atoms with van der Waals surface area (Å²) in [6.45, 7) is 0.263. The molecule has 0 saturated heterocycles. The fourth-order valence-electron chi connectivity index (χ4n) is 3.47. The van der Waals surface area contributed by atoms with Gasteiger partial charge in [-0.25, -0.2) is 0 Å². The van der Waals surface area contributed by atoms with E-state index in [2.05, 4.69) is 23.7 Å². The molecule has 4 rings (SSSR count). The van der Waals surface area contributed by atoms with Crippen LogP contribution >= 0.6 is 0 Å². The van der Waals surface area contributed by atoms with E-state index in [0.29, 0.717) is 12.1 Å². The van der Waals surface area contributed by atoms with Crippen molar-refractivity contribution in [3.63, 3.8) is 0 Å². The molecule has 160 valence electrons. The summed E-state index contributed by atoms with van der Waals surface area (Å²) in [4.78, 5) is 0. The molecule has 3 aromatic carbocycles. The highest BCUT2D eigenvalue weighted by atomic mass is 19.4. The van der Waals surface area contributed by atoms with Gasteiger partial charge in [-0.3, -0.25) is 0 Å². The molecule has 0 radical (unpaired) electrons. The summed E-state index contributed by atoms with van der Waals surface area (Å²) in [6, 6.07) is 16.8. The molecule has 0 aliphatic rings. The van der Waals surface area contributed by atoms with E-state index in [0.717, 1.165) is 21.8 Å². The quantitative estimate of drug-likeness (QED) is 0.224. The fourth-order valence-corrected chi connectivity index (χ4v) is 3.47. The molecule has 0 spiro atoms. The van der Waals surface area contributed by atoms with Crippen LogP contribution in [-0.2, 0) is 18.9 Å². The highest BCUT2D eigenvalue weighted by Crippen LogP contribution is 2.36. The monoisotopic (exact) mass is 441 g/mol. The van der Waals surface area contributed by atoms with Gasteiger partial charge in [0, 0.05) is 27.4 Å². The highest BCUT2D eigenvalue weighted by molar-refractivity contribution is 6.08. The van der Waals surface area contributed by atoms with Gasteiger partial charge < -0.3 is 4.57 Å². The van der Waals surface area contributed by atoms with E-state index in [-0.39, 0.29) is 12.6 Å². The zero-order valence-electron chi connectivity index (χ0n) is 16.3. The Bertz CT molecular complexity index is 1350. The summed E-state index contributed by atoms with van der Waals surface area (Å²) in [6.07, 6.45) is -9.83. The van der Waals surface area contributed by atoms with Gasteiger partial charge in [-0.05, 0) is 42.2 Å². The minimum absolute atomic E-state index is 0.0686. The molecule has 0 N–H and O–H groups in total. The Balaban J connectivity index is 1.65. The molecule has 0 saturated carbocycles. The Kier molecular flexibility index (Phi) is 5.36. The van der Waals surface area contributed by atoms with Crippen LogP contribution in [0.5, 0.6) is 0 Å². The van der Waals surface area contributed by atoms with Crippen LogP contribution in [0.1, 0.15) is 16.7 Å². The lowest BCUT2D eigenvalue weighted by Gasteiger charge is -2.12. The van der Waals surface area contributed by atoms with Crippen molar-refractivity contribution in [2.24, 2.45) is 0 Å². The third-order valence-electron chi connectivity index (χ3n) is 4.86. The number of hydrogen-bond acceptors (Lipinski definition) is 0. The van der Waals surface area contributed by atoms with Crippen molar-refractivity contribution in [1.82, 2.24) is 4.57 Å². The van der Waals surface area contributed by atoms with Crippen LogP contribution in [-0.4, -0.2) is 4.57 Å². The van der Waals surface area contributed by atoms with Crippen molar-refractivity contribution in [2.75, 3.05) is 0 Å². The van der Waals surface area contributed by atoms with E-state index in [1.165, 1.54) is 0 Å². The van der Waals surface area contributed by atoms with Crippen LogP contribution in [0.25, 0.3) is 21.8 Å². The van der Waals surface area contributed by atoms with Gasteiger partial charge in [-0.2, -0.15) is 26.3 Å². The third-order valence-corrected chi connectivity index (χ3v) is 4.86. The molecule has 0 fully saturated rings. The average molecular weight is 441 g/mol. The molecule has 32 heavy (non-hydrogen) atoms. The smallest absolute Gasteiger partial charge is 0.329 e. The number of para-hydroxylation sites is 2. The molecule has 4 aromatic rings. The average Bonchev–Trinajstić information content (AvgIpc) is 3.06. The number of rotatable bonds is 1. The van der Waals surface area contributed by atoms with E-state index in [1.807, 2.05) is 53.1 Å². The van der Waals surface area contributed by atoms with Gasteiger partial charge >= 0.3 is 12.4 Å². The van der Waals surface area contributed by atoms with Gasteiger partial charge in [-0.1, -0.05) is 48.2 Å². The zero-order valence-corrected chi connectivity index (χ0v) is 16.3. The molecule has 7 heteroatoms. The topological polar surface area (TPSA) is 4.93 Å². The standard InChI is InChI=1S/C25H13F6N/c26-24(27,28)18-14-17(15-19(16-18)25(29,30)31)8-2-1-7-13-32-22-11-5-3-9-20(22)21-10-4-6-12-23(21)32/h3-6,9-12,14-16H,13H2. The second-order valence-electron chi connectivity index (χ2n) is 6.97. The van der Waals surface area contributed by atoms with Crippen molar-refractivity contribution >= 4 is 21.8 Å². The Morgan fingerprint density at radius 1 is 0.656 bits per heavy atom. The van der Waals surface area contributed by atoms with Crippen molar-refractivity contribution in [3.8, 4) is 23.7 Å². The first-order chi connectivity index (χ1) is 15.1. The molecule has 0 amide bonds. The highest BCUT2D eigenvalue weighted by Gasteiger charge is 2.36. The van der Waals surface area contributed by atoms with Crippen molar-refractivity contribution in [1.29, 1.82) is 0 Å². The molecular formula is C25H13F6N. The van der Waals surface area contributed by atoms with E-state index in [4.69, 9.17) is 0 Å². The van der Waals surface area contributed by atoms with Gasteiger partial charge in [0.1, 0.15) is 0 Å². The zero-order chi connectivity index (χ0) is 22.9. The van der Waals surface area contributed by atoms with Crippen LogP contribution in [0.3, 0.4) is 0 Å². The Hall–Kier alpha value is -3.84. The van der Waals surface area contributed by atoms with E-state index in [1.54, 1.807) is 0 Å². The van der Waals surface area contributed by atoms with Crippen LogP contribution < -0.4 is 0 Å². The molecule has 0 aliphatic carbocycles. The maximum absolute atomic E-state index is 12.9. The first-order valence-corrected chi connectivity index (χ1v) is 9.39. The molecule has 0 atom stereocenters. The van der Waals surface area contributed by atoms with Crippen LogP contribution in [0, 0.1) is 23.7 Å². The second kappa shape index (κ2) is 8.01. The molecule has 0 bridgehead atoms. The number of aromatic nitrogens is 1. The Labute approximate surface area is 179 Å². The van der Waals surface area contributed by atoms with Gasteiger partial charge in [0.2, 0.25) is 0 Å². The second-order valence-corrected chi connectivity index (χ2v) is 6.97. The Morgan fingerprint density at radius 2 is 1.16 bits per heavy atom. The van der Waals surface area contributed by atoms with Gasteiger partial charge in [0.05, 0.1) is 17.7 Å². The van der Waals surface area contributed by atoms with E-state index in [9.17, 15) is 26.3 Å². The Morgan fingerprint density at radius 3 is 1.66 bits per heavy atom. The molecule has 0 aliphatic heterocycles. The number of fused-ring (bicyclic) bond motifs is 3. The van der Waals surface area contributed by atoms with Crippen molar-refractivity contribution < 1.29 is 26.3 Å². The number of halogens is 6. The predicted octanol–water partition coefficient (Wildman–Crippen LogP) is 6.89. The first-order valence-electron chi connectivity index (χ1n) is 9.39. The van der Waals surface area contributed by atoms with Crippen molar-refractivity contribution in [3.05, 3.63) is 83.4 Å². The molecule has 1 heterocycles. The number of alkyl halides is 6. The number of nitrogens with zero attached hydrogens (tertiary/aromatic N) is 1. The normalized spacial score (nSPS) is 11.7.